The molecule has 8 heteroatoms. The van der Waals surface area contributed by atoms with E-state index >= 15 is 0 Å². The third-order valence-electron chi connectivity index (χ3n) is 4.68. The van der Waals surface area contributed by atoms with Gasteiger partial charge in [-0.15, -0.1) is 0 Å². The van der Waals surface area contributed by atoms with Crippen LogP contribution in [0.15, 0.2) is 45.9 Å². The summed E-state index contributed by atoms with van der Waals surface area (Å²) in [6.07, 6.45) is 3.26. The summed E-state index contributed by atoms with van der Waals surface area (Å²) in [7, 11) is -2.07. The van der Waals surface area contributed by atoms with Crippen molar-refractivity contribution in [1.82, 2.24) is 14.5 Å². The molecule has 0 radical (unpaired) electrons. The number of aromatic nitrogens is 3. The summed E-state index contributed by atoms with van der Waals surface area (Å²) in [4.78, 5) is 21.8. The molecule has 0 bridgehead atoms. The zero-order valence-electron chi connectivity index (χ0n) is 17.4. The minimum Gasteiger partial charge on any atom is -0.295 e. The third kappa shape index (κ3) is 3.85. The largest absolute Gasteiger partial charge is 0.295 e. The highest BCUT2D eigenvalue weighted by Crippen LogP contribution is 2.24. The van der Waals surface area contributed by atoms with Gasteiger partial charge in [-0.25, -0.2) is 13.4 Å². The Kier molecular flexibility index (Phi) is 5.17. The molecule has 0 aliphatic rings. The molecule has 1 aromatic carbocycles. The summed E-state index contributed by atoms with van der Waals surface area (Å²) in [5.74, 6) is 0.474. The fourth-order valence-electron chi connectivity index (χ4n) is 2.92. The molecule has 29 heavy (non-hydrogen) atoms. The molecule has 0 aliphatic carbocycles. The number of benzene rings is 1. The van der Waals surface area contributed by atoms with Crippen LogP contribution in [0, 0.1) is 6.92 Å². The molecule has 0 spiro atoms. The fourth-order valence-corrected chi connectivity index (χ4v) is 3.65. The van der Waals surface area contributed by atoms with E-state index in [0.717, 1.165) is 11.1 Å². The Hall–Kier alpha value is -2.87. The molecule has 2 heterocycles. The molecule has 0 unspecified atom stereocenters. The van der Waals surface area contributed by atoms with Gasteiger partial charge in [0.25, 0.3) is 15.6 Å². The van der Waals surface area contributed by atoms with Gasteiger partial charge in [-0.05, 0) is 64.4 Å². The van der Waals surface area contributed by atoms with Crippen molar-refractivity contribution in [3.05, 3.63) is 58.1 Å². The average molecular weight is 413 g/mol. The first-order valence-corrected chi connectivity index (χ1v) is 10.6. The Morgan fingerprint density at radius 2 is 1.76 bits per heavy atom. The van der Waals surface area contributed by atoms with Gasteiger partial charge in [0, 0.05) is 30.6 Å². The number of aryl methyl sites for hydroxylation is 1. The van der Waals surface area contributed by atoms with Crippen molar-refractivity contribution in [2.75, 3.05) is 0 Å². The van der Waals surface area contributed by atoms with E-state index in [9.17, 15) is 13.2 Å². The van der Waals surface area contributed by atoms with Gasteiger partial charge in [-0.3, -0.25) is 14.3 Å². The van der Waals surface area contributed by atoms with Gasteiger partial charge in [-0.2, -0.15) is 4.40 Å². The van der Waals surface area contributed by atoms with Crippen molar-refractivity contribution >= 4 is 26.6 Å². The number of nitrogens with zero attached hydrogens (tertiary/aromatic N) is 4. The maximum Gasteiger partial charge on any atom is 0.261 e. The van der Waals surface area contributed by atoms with Crippen LogP contribution in [0.2, 0.25) is 0 Å². The van der Waals surface area contributed by atoms with Crippen LogP contribution in [0.4, 0.5) is 0 Å². The zero-order chi connectivity index (χ0) is 21.6. The molecule has 7 nitrogen and oxygen atoms in total. The van der Waals surface area contributed by atoms with E-state index in [4.69, 9.17) is 4.98 Å². The summed E-state index contributed by atoms with van der Waals surface area (Å²) in [6.45, 7) is 8.28. The molecule has 3 rings (SSSR count). The van der Waals surface area contributed by atoms with Crippen molar-refractivity contribution < 1.29 is 8.42 Å². The Morgan fingerprint density at radius 1 is 1.14 bits per heavy atom. The lowest BCUT2D eigenvalue weighted by molar-refractivity contribution is 0.562. The highest BCUT2D eigenvalue weighted by molar-refractivity contribution is 7.91. The van der Waals surface area contributed by atoms with Crippen LogP contribution in [-0.4, -0.2) is 33.4 Å². The summed E-state index contributed by atoms with van der Waals surface area (Å²) >= 11 is 0. The molecular formula is C21H24N4O3S. The topological polar surface area (TPSA) is 94.3 Å². The molecule has 152 valence electrons. The lowest BCUT2D eigenvalue weighted by Gasteiger charge is -2.17. The summed E-state index contributed by atoms with van der Waals surface area (Å²) < 4.78 is 29.7. The quantitative estimate of drug-likeness (QED) is 0.616. The molecule has 0 fully saturated rings. The molecule has 0 amide bonds. The number of hydrogen-bond donors (Lipinski definition) is 0. The number of hydrogen-bond acceptors (Lipinski definition) is 5. The lowest BCUT2D eigenvalue weighted by atomic mass is 10.0. The summed E-state index contributed by atoms with van der Waals surface area (Å²) in [5.41, 5.74) is 2.61. The van der Waals surface area contributed by atoms with Gasteiger partial charge in [0.2, 0.25) is 0 Å². The number of rotatable bonds is 3. The minimum absolute atomic E-state index is 0.210. The summed E-state index contributed by atoms with van der Waals surface area (Å²) in [5, 5.41) is 0.419. The molecule has 2 aromatic heterocycles. The van der Waals surface area contributed by atoms with Crippen LogP contribution in [-0.2, 0) is 17.1 Å². The van der Waals surface area contributed by atoms with E-state index in [1.54, 1.807) is 65.3 Å². The normalized spacial score (nSPS) is 13.1. The van der Waals surface area contributed by atoms with Crippen LogP contribution >= 0.6 is 0 Å². The first-order chi connectivity index (χ1) is 13.4. The second kappa shape index (κ2) is 7.18. The van der Waals surface area contributed by atoms with Crippen LogP contribution in [0.3, 0.4) is 0 Å². The van der Waals surface area contributed by atoms with Crippen molar-refractivity contribution in [3.8, 4) is 11.4 Å². The first-order valence-electron chi connectivity index (χ1n) is 9.15. The van der Waals surface area contributed by atoms with Crippen LogP contribution in [0.25, 0.3) is 22.3 Å². The molecule has 0 aliphatic heterocycles. The molecule has 3 aromatic rings. The number of fused-ring (bicyclic) bond motifs is 1. The molecular weight excluding hydrogens is 388 g/mol. The van der Waals surface area contributed by atoms with E-state index in [2.05, 4.69) is 9.38 Å². The van der Waals surface area contributed by atoms with Gasteiger partial charge in [-0.1, -0.05) is 0 Å². The highest BCUT2D eigenvalue weighted by Gasteiger charge is 2.29. The first kappa shape index (κ1) is 20.9. The Balaban J connectivity index is 2.37. The minimum atomic E-state index is -3.74. The van der Waals surface area contributed by atoms with E-state index < -0.39 is 14.8 Å². The highest BCUT2D eigenvalue weighted by atomic mass is 32.2. The zero-order valence-corrected chi connectivity index (χ0v) is 18.2. The number of pyridine rings is 1. The Morgan fingerprint density at radius 3 is 2.34 bits per heavy atom. The second-order valence-electron chi connectivity index (χ2n) is 8.01. The lowest BCUT2D eigenvalue weighted by Crippen LogP contribution is -2.27. The van der Waals surface area contributed by atoms with Gasteiger partial charge < -0.3 is 0 Å². The predicted octanol–water partition coefficient (Wildman–Crippen LogP) is 3.24. The van der Waals surface area contributed by atoms with E-state index in [0.29, 0.717) is 28.0 Å². The Bertz CT molecular complexity index is 1290. The summed E-state index contributed by atoms with van der Waals surface area (Å²) in [6, 6.07) is 7.11. The van der Waals surface area contributed by atoms with E-state index in [1.807, 2.05) is 13.0 Å². The van der Waals surface area contributed by atoms with Gasteiger partial charge in [0.05, 0.1) is 21.4 Å². The average Bonchev–Trinajstić information content (AvgIpc) is 2.64. The van der Waals surface area contributed by atoms with Crippen LogP contribution in [0.1, 0.15) is 38.8 Å². The molecule has 0 atom stereocenters. The Labute approximate surface area is 170 Å². The molecule has 0 saturated heterocycles. The number of sulfonamides is 1. The monoisotopic (exact) mass is 412 g/mol. The second-order valence-corrected chi connectivity index (χ2v) is 10.4. The van der Waals surface area contributed by atoms with Crippen LogP contribution in [0.5, 0.6) is 0 Å². The van der Waals surface area contributed by atoms with Crippen molar-refractivity contribution in [2.45, 2.75) is 39.4 Å². The van der Waals surface area contributed by atoms with E-state index in [-0.39, 0.29) is 5.56 Å². The standard InChI is InChI=1S/C21H24N4O3S/c1-13-11-16(14(2)24-29(27,28)21(3,4)5)18-17(12-13)20(26)25(6)19(23-18)15-7-9-22-10-8-15/h7-12H,1-6H3/b24-14+. The van der Waals surface area contributed by atoms with Gasteiger partial charge in [0.1, 0.15) is 5.82 Å². The maximum absolute atomic E-state index is 13.0. The molecule has 0 saturated carbocycles. The van der Waals surface area contributed by atoms with Gasteiger partial charge >= 0.3 is 0 Å². The third-order valence-corrected chi connectivity index (χ3v) is 6.75. The SMILES string of the molecule is C/C(=N\S(=O)(=O)C(C)(C)C)c1cc(C)cc2c(=O)n(C)c(-c3ccncc3)nc12. The predicted molar refractivity (Wildman–Crippen MR) is 116 cm³/mol. The van der Waals surface area contributed by atoms with Crippen molar-refractivity contribution in [1.29, 1.82) is 0 Å². The maximum atomic E-state index is 13.0. The van der Waals surface area contributed by atoms with Gasteiger partial charge in [0.15, 0.2) is 0 Å². The fraction of sp³-hybridized carbons (Fsp3) is 0.333. The molecule has 0 N–H and O–H groups in total. The smallest absolute Gasteiger partial charge is 0.261 e. The van der Waals surface area contributed by atoms with Crippen LogP contribution < -0.4 is 5.56 Å². The van der Waals surface area contributed by atoms with E-state index in [1.165, 1.54) is 4.57 Å². The van der Waals surface area contributed by atoms with Crippen molar-refractivity contribution in [3.63, 3.8) is 0 Å². The van der Waals surface area contributed by atoms with Crippen molar-refractivity contribution in [2.24, 2.45) is 11.4 Å².